The van der Waals surface area contributed by atoms with E-state index >= 15 is 0 Å². The molecule has 0 aliphatic heterocycles. The van der Waals surface area contributed by atoms with Gasteiger partial charge < -0.3 is 23.2 Å². The number of ether oxygens (including phenoxy) is 3. The van der Waals surface area contributed by atoms with Crippen LogP contribution in [0.5, 0.6) is 17.2 Å². The van der Waals surface area contributed by atoms with Crippen LogP contribution in [0.2, 0.25) is 0 Å². The van der Waals surface area contributed by atoms with Gasteiger partial charge in [0.2, 0.25) is 5.76 Å². The van der Waals surface area contributed by atoms with E-state index in [0.717, 1.165) is 0 Å². The van der Waals surface area contributed by atoms with Crippen molar-refractivity contribution < 1.29 is 23.2 Å². The molecular weight excluding hydrogens is 286 g/mol. The van der Waals surface area contributed by atoms with Gasteiger partial charge in [-0.05, 0) is 12.1 Å². The molecule has 0 radical (unpaired) electrons. The molecule has 0 amide bonds. The van der Waals surface area contributed by atoms with Gasteiger partial charge in [-0.25, -0.2) is 0 Å². The van der Waals surface area contributed by atoms with E-state index in [-0.39, 0.29) is 6.61 Å². The summed E-state index contributed by atoms with van der Waals surface area (Å²) in [5, 5.41) is 3.95. The molecule has 2 heterocycles. The molecule has 0 spiro atoms. The van der Waals surface area contributed by atoms with Crippen molar-refractivity contribution in [2.45, 2.75) is 6.61 Å². The van der Waals surface area contributed by atoms with Crippen molar-refractivity contribution in [1.29, 1.82) is 0 Å². The van der Waals surface area contributed by atoms with Crippen LogP contribution in [0, 0.1) is 0 Å². The zero-order chi connectivity index (χ0) is 15.4. The smallest absolute Gasteiger partial charge is 0.202 e. The predicted octanol–water partition coefficient (Wildman–Crippen LogP) is 3.53. The van der Waals surface area contributed by atoms with E-state index in [2.05, 4.69) is 5.16 Å². The summed E-state index contributed by atoms with van der Waals surface area (Å²) in [5.74, 6) is 3.13. The number of aromatic nitrogens is 1. The quantitative estimate of drug-likeness (QED) is 0.694. The van der Waals surface area contributed by atoms with Crippen molar-refractivity contribution in [3.05, 3.63) is 48.4 Å². The molecule has 1 aromatic carbocycles. The third kappa shape index (κ3) is 3.06. The third-order valence-corrected chi connectivity index (χ3v) is 3.03. The number of nitrogens with zero attached hydrogens (tertiary/aromatic N) is 1. The fraction of sp³-hybridized carbons (Fsp3) is 0.188. The predicted molar refractivity (Wildman–Crippen MR) is 78.1 cm³/mol. The van der Waals surface area contributed by atoms with Crippen LogP contribution in [-0.2, 0) is 6.61 Å². The highest BCUT2D eigenvalue weighted by Crippen LogP contribution is 2.28. The molecular formula is C16H15NO5. The molecule has 0 bridgehead atoms. The Labute approximate surface area is 127 Å². The Morgan fingerprint density at radius 3 is 2.32 bits per heavy atom. The monoisotopic (exact) mass is 301 g/mol. The van der Waals surface area contributed by atoms with Gasteiger partial charge in [0, 0.05) is 24.3 Å². The van der Waals surface area contributed by atoms with Crippen molar-refractivity contribution in [2.75, 3.05) is 14.2 Å². The second-order valence-corrected chi connectivity index (χ2v) is 4.50. The Morgan fingerprint density at radius 2 is 1.68 bits per heavy atom. The third-order valence-electron chi connectivity index (χ3n) is 3.03. The minimum absolute atomic E-state index is 0.264. The number of methoxy groups -OCH3 is 2. The first-order valence-electron chi connectivity index (χ1n) is 6.64. The molecule has 0 saturated carbocycles. The van der Waals surface area contributed by atoms with Gasteiger partial charge in [0.25, 0.3) is 0 Å². The summed E-state index contributed by atoms with van der Waals surface area (Å²) in [6, 6.07) is 10.7. The van der Waals surface area contributed by atoms with Crippen molar-refractivity contribution in [3.8, 4) is 28.8 Å². The zero-order valence-electron chi connectivity index (χ0n) is 12.2. The van der Waals surface area contributed by atoms with Crippen LogP contribution in [0.4, 0.5) is 0 Å². The highest BCUT2D eigenvalue weighted by Gasteiger charge is 2.10. The lowest BCUT2D eigenvalue weighted by molar-refractivity contribution is 0.285. The minimum Gasteiger partial charge on any atom is -0.496 e. The molecule has 0 unspecified atom stereocenters. The molecule has 6 heteroatoms. The summed E-state index contributed by atoms with van der Waals surface area (Å²) in [7, 11) is 3.18. The molecule has 114 valence electrons. The Morgan fingerprint density at radius 1 is 0.955 bits per heavy atom. The fourth-order valence-corrected chi connectivity index (χ4v) is 1.94. The van der Waals surface area contributed by atoms with E-state index in [1.54, 1.807) is 56.9 Å². The summed E-state index contributed by atoms with van der Waals surface area (Å²) >= 11 is 0. The van der Waals surface area contributed by atoms with Crippen LogP contribution < -0.4 is 14.2 Å². The molecule has 0 fully saturated rings. The largest absolute Gasteiger partial charge is 0.496 e. The Bertz CT molecular complexity index is 711. The maximum absolute atomic E-state index is 5.69. The van der Waals surface area contributed by atoms with Gasteiger partial charge in [-0.15, -0.1) is 0 Å². The Kier molecular flexibility index (Phi) is 4.00. The van der Waals surface area contributed by atoms with Crippen LogP contribution >= 0.6 is 0 Å². The van der Waals surface area contributed by atoms with E-state index < -0.39 is 0 Å². The lowest BCUT2D eigenvalue weighted by Crippen LogP contribution is -1.96. The summed E-state index contributed by atoms with van der Waals surface area (Å²) in [5.41, 5.74) is 0.660. The minimum atomic E-state index is 0.264. The Balaban J connectivity index is 1.70. The van der Waals surface area contributed by atoms with Gasteiger partial charge in [0.15, 0.2) is 5.76 Å². The van der Waals surface area contributed by atoms with E-state index in [1.165, 1.54) is 0 Å². The lowest BCUT2D eigenvalue weighted by atomic mass is 10.3. The molecule has 6 nitrogen and oxygen atoms in total. The maximum atomic E-state index is 5.69. The molecule has 2 aromatic heterocycles. The number of rotatable bonds is 6. The second-order valence-electron chi connectivity index (χ2n) is 4.50. The van der Waals surface area contributed by atoms with E-state index in [0.29, 0.717) is 34.5 Å². The maximum Gasteiger partial charge on any atom is 0.202 e. The molecule has 22 heavy (non-hydrogen) atoms. The van der Waals surface area contributed by atoms with E-state index in [1.807, 2.05) is 0 Å². The first-order valence-corrected chi connectivity index (χ1v) is 6.64. The molecule has 0 saturated heterocycles. The van der Waals surface area contributed by atoms with Crippen molar-refractivity contribution in [1.82, 2.24) is 5.16 Å². The highest BCUT2D eigenvalue weighted by molar-refractivity contribution is 5.49. The van der Waals surface area contributed by atoms with Crippen LogP contribution in [0.25, 0.3) is 11.5 Å². The van der Waals surface area contributed by atoms with Gasteiger partial charge in [-0.2, -0.15) is 0 Å². The Hall–Kier alpha value is -2.89. The fourth-order valence-electron chi connectivity index (χ4n) is 1.94. The van der Waals surface area contributed by atoms with Gasteiger partial charge in [0.05, 0.1) is 20.5 Å². The van der Waals surface area contributed by atoms with Crippen LogP contribution in [-0.4, -0.2) is 19.4 Å². The number of furan rings is 1. The summed E-state index contributed by atoms with van der Waals surface area (Å²) < 4.78 is 26.5. The number of hydrogen-bond acceptors (Lipinski definition) is 6. The van der Waals surface area contributed by atoms with Gasteiger partial charge >= 0.3 is 0 Å². The normalized spacial score (nSPS) is 10.5. The van der Waals surface area contributed by atoms with Gasteiger partial charge in [-0.3, -0.25) is 0 Å². The second kappa shape index (κ2) is 6.26. The molecule has 0 aliphatic rings. The van der Waals surface area contributed by atoms with Gasteiger partial charge in [0.1, 0.15) is 29.5 Å². The average Bonchev–Trinajstić information content (AvgIpc) is 3.23. The number of benzene rings is 1. The van der Waals surface area contributed by atoms with Crippen LogP contribution in [0.3, 0.4) is 0 Å². The first-order chi connectivity index (χ1) is 10.8. The molecule has 0 aliphatic carbocycles. The molecule has 3 aromatic rings. The average molecular weight is 301 g/mol. The summed E-state index contributed by atoms with van der Waals surface area (Å²) in [6.45, 7) is 0.264. The van der Waals surface area contributed by atoms with Crippen molar-refractivity contribution in [3.63, 3.8) is 0 Å². The van der Waals surface area contributed by atoms with Crippen LogP contribution in [0.1, 0.15) is 5.69 Å². The molecule has 0 N–H and O–H groups in total. The topological polar surface area (TPSA) is 66.9 Å². The highest BCUT2D eigenvalue weighted by atomic mass is 16.5. The van der Waals surface area contributed by atoms with Crippen LogP contribution in [0.15, 0.2) is 51.6 Å². The van der Waals surface area contributed by atoms with Gasteiger partial charge in [-0.1, -0.05) is 5.16 Å². The van der Waals surface area contributed by atoms with E-state index in [4.69, 9.17) is 23.2 Å². The zero-order valence-corrected chi connectivity index (χ0v) is 12.2. The molecule has 0 atom stereocenters. The SMILES string of the molecule is COc1cc(OC)cc(OCc2cc(-c3ccco3)on2)c1. The summed E-state index contributed by atoms with van der Waals surface area (Å²) in [4.78, 5) is 0. The summed E-state index contributed by atoms with van der Waals surface area (Å²) in [6.07, 6.45) is 1.58. The van der Waals surface area contributed by atoms with E-state index in [9.17, 15) is 0 Å². The molecule has 3 rings (SSSR count). The first kappa shape index (κ1) is 14.1. The van der Waals surface area contributed by atoms with Crippen molar-refractivity contribution >= 4 is 0 Å². The number of hydrogen-bond donors (Lipinski definition) is 0. The van der Waals surface area contributed by atoms with Crippen molar-refractivity contribution in [2.24, 2.45) is 0 Å². The standard InChI is InChI=1S/C16H15NO5/c1-18-12-7-13(19-2)9-14(8-12)21-10-11-6-16(22-17-11)15-4-3-5-20-15/h3-9H,10H2,1-2H3. The lowest BCUT2D eigenvalue weighted by Gasteiger charge is -2.09.